The molecule has 9 heteroatoms. The van der Waals surface area contributed by atoms with Crippen LogP contribution in [0.2, 0.25) is 0 Å². The molecule has 0 unspecified atom stereocenters. The maximum Gasteiger partial charge on any atom is 0.270 e. The second kappa shape index (κ2) is 8.81. The molecule has 2 aromatic rings. The van der Waals surface area contributed by atoms with E-state index in [0.29, 0.717) is 48.7 Å². The Kier molecular flexibility index (Phi) is 5.78. The number of hydrogen-bond acceptors (Lipinski definition) is 6. The molecule has 3 amide bonds. The van der Waals surface area contributed by atoms with Crippen molar-refractivity contribution in [3.63, 3.8) is 0 Å². The van der Waals surface area contributed by atoms with Gasteiger partial charge in [-0.05, 0) is 43.2 Å². The fourth-order valence-corrected chi connectivity index (χ4v) is 3.44. The van der Waals surface area contributed by atoms with E-state index in [9.17, 15) is 14.4 Å². The number of carbonyl (C=O) groups excluding carboxylic acids is 3. The van der Waals surface area contributed by atoms with Gasteiger partial charge in [0.2, 0.25) is 12.7 Å². The van der Waals surface area contributed by atoms with Crippen molar-refractivity contribution in [3.8, 4) is 11.5 Å². The molecule has 1 fully saturated rings. The fraction of sp³-hybridized carbons (Fsp3) is 0.333. The van der Waals surface area contributed by atoms with Gasteiger partial charge in [0.25, 0.3) is 11.8 Å². The van der Waals surface area contributed by atoms with Gasteiger partial charge < -0.3 is 25.0 Å². The Morgan fingerprint density at radius 3 is 2.60 bits per heavy atom. The number of hydrogen-bond donors (Lipinski definition) is 2. The molecule has 0 atom stereocenters. The van der Waals surface area contributed by atoms with Gasteiger partial charge in [-0.1, -0.05) is 6.07 Å². The number of carbonyl (C=O) groups is 3. The van der Waals surface area contributed by atoms with E-state index >= 15 is 0 Å². The lowest BCUT2D eigenvalue weighted by molar-refractivity contribution is -0.131. The number of aromatic nitrogens is 1. The largest absolute Gasteiger partial charge is 0.454 e. The molecule has 0 bridgehead atoms. The molecule has 1 aromatic heterocycles. The number of nitrogens with zero attached hydrogens (tertiary/aromatic N) is 2. The minimum absolute atomic E-state index is 0.00761. The zero-order valence-corrected chi connectivity index (χ0v) is 16.3. The Morgan fingerprint density at radius 2 is 1.83 bits per heavy atom. The van der Waals surface area contributed by atoms with Crippen molar-refractivity contribution < 1.29 is 23.9 Å². The van der Waals surface area contributed by atoms with Crippen molar-refractivity contribution in [2.45, 2.75) is 18.9 Å². The van der Waals surface area contributed by atoms with Crippen molar-refractivity contribution >= 4 is 17.7 Å². The van der Waals surface area contributed by atoms with E-state index < -0.39 is 0 Å². The fourth-order valence-electron chi connectivity index (χ4n) is 3.44. The summed E-state index contributed by atoms with van der Waals surface area (Å²) in [6.45, 7) is 1.09. The van der Waals surface area contributed by atoms with Crippen molar-refractivity contribution in [1.29, 1.82) is 0 Å². The van der Waals surface area contributed by atoms with Gasteiger partial charge in [0.15, 0.2) is 11.5 Å². The average molecular weight is 410 g/mol. The molecule has 0 aliphatic carbocycles. The van der Waals surface area contributed by atoms with E-state index in [1.165, 1.54) is 0 Å². The van der Waals surface area contributed by atoms with Crippen molar-refractivity contribution in [2.24, 2.45) is 0 Å². The van der Waals surface area contributed by atoms with Crippen LogP contribution in [0.1, 0.15) is 33.7 Å². The van der Waals surface area contributed by atoms with Crippen LogP contribution in [0.3, 0.4) is 0 Å². The van der Waals surface area contributed by atoms with E-state index in [2.05, 4.69) is 15.6 Å². The topological polar surface area (TPSA) is 110 Å². The van der Waals surface area contributed by atoms with Crippen LogP contribution in [0.4, 0.5) is 0 Å². The predicted octanol–water partition coefficient (Wildman–Crippen LogP) is 0.961. The molecule has 9 nitrogen and oxygen atoms in total. The molecule has 4 rings (SSSR count). The molecular formula is C21H22N4O5. The van der Waals surface area contributed by atoms with Gasteiger partial charge in [-0.15, -0.1) is 0 Å². The first-order valence-electron chi connectivity index (χ1n) is 9.77. The number of ether oxygens (including phenoxy) is 2. The molecule has 1 saturated heterocycles. The van der Waals surface area contributed by atoms with Crippen molar-refractivity contribution in [3.05, 3.63) is 53.9 Å². The first-order chi connectivity index (χ1) is 14.6. The second-order valence-electron chi connectivity index (χ2n) is 7.09. The maximum atomic E-state index is 12.4. The third-order valence-corrected chi connectivity index (χ3v) is 5.12. The standard InChI is InChI=1S/C21H22N4O5/c26-19(12-23-20(27)14-4-5-17-18(11-14)30-13-29-17)25-9-6-15(7-10-25)24-21(28)16-3-1-2-8-22-16/h1-5,8,11,15H,6-7,9-10,12-13H2,(H,23,27)(H,24,28). The van der Waals surface area contributed by atoms with E-state index in [1.54, 1.807) is 47.5 Å². The quantitative estimate of drug-likeness (QED) is 0.760. The Hall–Kier alpha value is -3.62. The molecule has 0 saturated carbocycles. The SMILES string of the molecule is O=C(NCC(=O)N1CCC(NC(=O)c2ccccn2)CC1)c1ccc2c(c1)OCO2. The number of rotatable bonds is 5. The lowest BCUT2D eigenvalue weighted by atomic mass is 10.0. The molecule has 156 valence electrons. The van der Waals surface area contributed by atoms with Gasteiger partial charge in [-0.3, -0.25) is 19.4 Å². The highest BCUT2D eigenvalue weighted by Crippen LogP contribution is 2.32. The third kappa shape index (κ3) is 4.51. The van der Waals surface area contributed by atoms with Crippen LogP contribution in [0.5, 0.6) is 11.5 Å². The molecule has 3 heterocycles. The number of amides is 3. The Labute approximate surface area is 173 Å². The minimum Gasteiger partial charge on any atom is -0.454 e. The van der Waals surface area contributed by atoms with Gasteiger partial charge >= 0.3 is 0 Å². The number of benzene rings is 1. The number of nitrogens with one attached hydrogen (secondary N) is 2. The average Bonchev–Trinajstić information content (AvgIpc) is 3.26. The smallest absolute Gasteiger partial charge is 0.270 e. The summed E-state index contributed by atoms with van der Waals surface area (Å²) in [5, 5.41) is 5.60. The van der Waals surface area contributed by atoms with Gasteiger partial charge in [-0.2, -0.15) is 0 Å². The highest BCUT2D eigenvalue weighted by molar-refractivity contribution is 5.97. The molecule has 0 spiro atoms. The summed E-state index contributed by atoms with van der Waals surface area (Å²) in [5.41, 5.74) is 0.783. The molecule has 2 aliphatic heterocycles. The number of likely N-dealkylation sites (tertiary alicyclic amines) is 1. The highest BCUT2D eigenvalue weighted by Gasteiger charge is 2.25. The Morgan fingerprint density at radius 1 is 1.03 bits per heavy atom. The van der Waals surface area contributed by atoms with Crippen LogP contribution in [0.25, 0.3) is 0 Å². The predicted molar refractivity (Wildman–Crippen MR) is 106 cm³/mol. The second-order valence-corrected chi connectivity index (χ2v) is 7.09. The molecular weight excluding hydrogens is 388 g/mol. The highest BCUT2D eigenvalue weighted by atomic mass is 16.7. The lowest BCUT2D eigenvalue weighted by Crippen LogP contribution is -2.49. The summed E-state index contributed by atoms with van der Waals surface area (Å²) in [7, 11) is 0. The van der Waals surface area contributed by atoms with Crippen molar-refractivity contribution in [1.82, 2.24) is 20.5 Å². The summed E-state index contributed by atoms with van der Waals surface area (Å²) in [5.74, 6) is 0.401. The first kappa shape index (κ1) is 19.7. The summed E-state index contributed by atoms with van der Waals surface area (Å²) >= 11 is 0. The summed E-state index contributed by atoms with van der Waals surface area (Å²) in [6, 6.07) is 10.1. The van der Waals surface area contributed by atoms with Crippen LogP contribution in [-0.4, -0.2) is 60.1 Å². The zero-order valence-electron chi connectivity index (χ0n) is 16.3. The van der Waals surface area contributed by atoms with E-state index in [-0.39, 0.29) is 37.1 Å². The third-order valence-electron chi connectivity index (χ3n) is 5.12. The van der Waals surface area contributed by atoms with Gasteiger partial charge in [0.05, 0.1) is 6.54 Å². The van der Waals surface area contributed by atoms with Crippen LogP contribution >= 0.6 is 0 Å². The monoisotopic (exact) mass is 410 g/mol. The molecule has 0 radical (unpaired) electrons. The van der Waals surface area contributed by atoms with E-state index in [1.807, 2.05) is 0 Å². The van der Waals surface area contributed by atoms with E-state index in [0.717, 1.165) is 0 Å². The molecule has 1 aromatic carbocycles. The number of piperidine rings is 1. The van der Waals surface area contributed by atoms with Crippen LogP contribution in [0, 0.1) is 0 Å². The van der Waals surface area contributed by atoms with Crippen LogP contribution in [-0.2, 0) is 4.79 Å². The lowest BCUT2D eigenvalue weighted by Gasteiger charge is -2.32. The molecule has 2 aliphatic rings. The summed E-state index contributed by atoms with van der Waals surface area (Å²) in [6.07, 6.45) is 2.88. The van der Waals surface area contributed by atoms with Gasteiger partial charge in [0, 0.05) is 30.9 Å². The minimum atomic E-state index is -0.348. The maximum absolute atomic E-state index is 12.4. The molecule has 2 N–H and O–H groups in total. The van der Waals surface area contributed by atoms with E-state index in [4.69, 9.17) is 9.47 Å². The van der Waals surface area contributed by atoms with Gasteiger partial charge in [0.1, 0.15) is 5.69 Å². The Balaban J connectivity index is 1.22. The summed E-state index contributed by atoms with van der Waals surface area (Å²) in [4.78, 5) is 42.7. The first-order valence-corrected chi connectivity index (χ1v) is 9.77. The van der Waals surface area contributed by atoms with Crippen molar-refractivity contribution in [2.75, 3.05) is 26.4 Å². The van der Waals surface area contributed by atoms with Gasteiger partial charge in [-0.25, -0.2) is 0 Å². The number of fused-ring (bicyclic) bond motifs is 1. The molecule has 30 heavy (non-hydrogen) atoms. The Bertz CT molecular complexity index is 942. The normalized spacial score (nSPS) is 15.5. The summed E-state index contributed by atoms with van der Waals surface area (Å²) < 4.78 is 10.5. The zero-order chi connectivity index (χ0) is 20.9. The number of pyridine rings is 1. The van der Waals surface area contributed by atoms with Crippen LogP contribution < -0.4 is 20.1 Å². The van der Waals surface area contributed by atoms with Crippen LogP contribution in [0.15, 0.2) is 42.6 Å².